The highest BCUT2D eigenvalue weighted by Crippen LogP contribution is 2.53. The van der Waals surface area contributed by atoms with Crippen LogP contribution in [-0.2, 0) is 0 Å². The predicted molar refractivity (Wildman–Crippen MR) is 139 cm³/mol. The average Bonchev–Trinajstić information content (AvgIpc) is 3.32. The summed E-state index contributed by atoms with van der Waals surface area (Å²) in [4.78, 5) is 2.40. The molecule has 1 saturated heterocycles. The molecule has 0 aliphatic carbocycles. The molecule has 3 atom stereocenters. The molecule has 0 amide bonds. The molecule has 38 heavy (non-hydrogen) atoms. The minimum atomic E-state index is -4.75. The Bertz CT molecular complexity index is 1340. The van der Waals surface area contributed by atoms with Gasteiger partial charge in [-0.05, 0) is 79.4 Å². The molecule has 2 unspecified atom stereocenters. The fourth-order valence-corrected chi connectivity index (χ4v) is 5.22. The molecule has 0 bridgehead atoms. The van der Waals surface area contributed by atoms with Gasteiger partial charge in [-0.25, -0.2) is 0 Å². The number of allylic oxidation sites excluding steroid dienone is 1. The quantitative estimate of drug-likeness (QED) is 0.370. The number of rotatable bonds is 6. The van der Waals surface area contributed by atoms with Crippen molar-refractivity contribution in [1.29, 1.82) is 0 Å². The van der Waals surface area contributed by atoms with Gasteiger partial charge in [-0.1, -0.05) is 31.2 Å². The molecule has 2 N–H and O–H groups in total. The van der Waals surface area contributed by atoms with E-state index in [-0.39, 0.29) is 40.0 Å². The third-order valence-electron chi connectivity index (χ3n) is 7.20. The maximum atomic E-state index is 14.6. The summed E-state index contributed by atoms with van der Waals surface area (Å²) in [7, 11) is 0. The molecule has 1 fully saturated rings. The van der Waals surface area contributed by atoms with E-state index in [1.54, 1.807) is 24.3 Å². The third-order valence-corrected chi connectivity index (χ3v) is 7.20. The Balaban J connectivity index is 1.50. The fraction of sp³-hybridized carbons (Fsp3) is 0.333. The summed E-state index contributed by atoms with van der Waals surface area (Å²) in [6.07, 6.45) is -4.68. The number of hydrogen-bond acceptors (Lipinski definition) is 5. The first kappa shape index (κ1) is 26.0. The molecule has 0 saturated carbocycles. The molecule has 2 aliphatic heterocycles. The van der Waals surface area contributed by atoms with Gasteiger partial charge in [0.25, 0.3) is 0 Å². The summed E-state index contributed by atoms with van der Waals surface area (Å²) >= 11 is 0. The second kappa shape index (κ2) is 10.3. The molecular formula is C30H30F3NO4. The van der Waals surface area contributed by atoms with Crippen molar-refractivity contribution < 1.29 is 32.9 Å². The van der Waals surface area contributed by atoms with Crippen LogP contribution in [0.15, 0.2) is 66.7 Å². The Kier molecular flexibility index (Phi) is 7.01. The Labute approximate surface area is 219 Å². The van der Waals surface area contributed by atoms with E-state index in [1.807, 2.05) is 0 Å². The van der Waals surface area contributed by atoms with Gasteiger partial charge >= 0.3 is 6.18 Å². The van der Waals surface area contributed by atoms with E-state index in [0.717, 1.165) is 19.2 Å². The van der Waals surface area contributed by atoms with Crippen LogP contribution in [0.5, 0.6) is 23.0 Å². The van der Waals surface area contributed by atoms with Gasteiger partial charge in [-0.15, -0.1) is 0 Å². The number of fused-ring (bicyclic) bond motifs is 1. The number of alkyl halides is 3. The van der Waals surface area contributed by atoms with Crippen LogP contribution in [0.4, 0.5) is 13.2 Å². The van der Waals surface area contributed by atoms with Crippen molar-refractivity contribution in [3.8, 4) is 23.0 Å². The molecule has 200 valence electrons. The normalized spacial score (nSPS) is 20.7. The van der Waals surface area contributed by atoms with E-state index in [4.69, 9.17) is 9.47 Å². The lowest BCUT2D eigenvalue weighted by atomic mass is 9.85. The van der Waals surface area contributed by atoms with Crippen molar-refractivity contribution in [1.82, 2.24) is 4.90 Å². The van der Waals surface area contributed by atoms with Gasteiger partial charge in [0.05, 0.1) is 5.57 Å². The summed E-state index contributed by atoms with van der Waals surface area (Å²) < 4.78 is 55.9. The van der Waals surface area contributed by atoms with E-state index in [1.165, 1.54) is 42.8 Å². The molecule has 8 heteroatoms. The molecular weight excluding hydrogens is 495 g/mol. The highest BCUT2D eigenvalue weighted by Gasteiger charge is 2.44. The zero-order valence-corrected chi connectivity index (χ0v) is 21.2. The van der Waals surface area contributed by atoms with Crippen LogP contribution in [0.25, 0.3) is 11.1 Å². The summed E-state index contributed by atoms with van der Waals surface area (Å²) in [5, 5.41) is 20.0. The van der Waals surface area contributed by atoms with Crippen molar-refractivity contribution >= 4 is 11.1 Å². The lowest BCUT2D eigenvalue weighted by Gasteiger charge is -2.33. The summed E-state index contributed by atoms with van der Waals surface area (Å²) in [5.41, 5.74) is -0.642. The molecule has 3 aromatic rings. The molecule has 5 rings (SSSR count). The van der Waals surface area contributed by atoms with Crippen molar-refractivity contribution in [2.75, 3.05) is 19.7 Å². The highest BCUT2D eigenvalue weighted by atomic mass is 19.4. The molecule has 2 aliphatic rings. The number of phenolic OH excluding ortho intramolecular Hbond substituents is 2. The number of phenols is 2. The zero-order chi connectivity index (χ0) is 27.0. The molecule has 0 radical (unpaired) electrons. The van der Waals surface area contributed by atoms with Gasteiger partial charge in [0, 0.05) is 23.7 Å². The maximum absolute atomic E-state index is 14.6. The monoisotopic (exact) mass is 525 g/mol. The minimum Gasteiger partial charge on any atom is -0.508 e. The van der Waals surface area contributed by atoms with Crippen LogP contribution in [0.1, 0.15) is 43.1 Å². The van der Waals surface area contributed by atoms with Gasteiger partial charge in [-0.3, -0.25) is 4.90 Å². The molecule has 0 spiro atoms. The standard InChI is InChI=1S/C30H30F3NO4/c1-18-12-13-34(16-18)19(2)17-37-24-9-6-20(7-10-24)29-27(21-4-3-5-22(35)14-21)28(30(31,32)33)25-15-23(36)8-11-26(25)38-29/h3-11,14-15,18-19,29,35-36H,12-13,16-17H2,1-2H3/t18-,19?,29?/m1/s1. The van der Waals surface area contributed by atoms with Crippen molar-refractivity contribution in [3.05, 3.63) is 83.4 Å². The highest BCUT2D eigenvalue weighted by molar-refractivity contribution is 5.98. The first-order valence-corrected chi connectivity index (χ1v) is 12.7. The lowest BCUT2D eigenvalue weighted by Crippen LogP contribution is -2.35. The first-order chi connectivity index (χ1) is 18.1. The molecule has 2 heterocycles. The van der Waals surface area contributed by atoms with Crippen molar-refractivity contribution in [2.24, 2.45) is 5.92 Å². The van der Waals surface area contributed by atoms with E-state index < -0.39 is 17.9 Å². The van der Waals surface area contributed by atoms with Crippen molar-refractivity contribution in [2.45, 2.75) is 38.6 Å². The fourth-order valence-electron chi connectivity index (χ4n) is 5.22. The lowest BCUT2D eigenvalue weighted by molar-refractivity contribution is -0.0695. The Hall–Kier alpha value is -3.65. The minimum absolute atomic E-state index is 0.0121. The molecule has 5 nitrogen and oxygen atoms in total. The number of halogens is 3. The van der Waals surface area contributed by atoms with Gasteiger partial charge in [0.1, 0.15) is 29.6 Å². The number of aromatic hydroxyl groups is 2. The Morgan fingerprint density at radius 1 is 1.03 bits per heavy atom. The average molecular weight is 526 g/mol. The molecule has 0 aromatic heterocycles. The summed E-state index contributed by atoms with van der Waals surface area (Å²) in [6.45, 7) is 6.98. The Morgan fingerprint density at radius 2 is 1.76 bits per heavy atom. The summed E-state index contributed by atoms with van der Waals surface area (Å²) in [6, 6.07) is 16.5. The second-order valence-corrected chi connectivity index (χ2v) is 10.1. The topological polar surface area (TPSA) is 62.2 Å². The van der Waals surface area contributed by atoms with Crippen LogP contribution in [-0.4, -0.2) is 47.0 Å². The maximum Gasteiger partial charge on any atom is 0.417 e. The smallest absolute Gasteiger partial charge is 0.417 e. The van der Waals surface area contributed by atoms with Crippen LogP contribution in [0, 0.1) is 5.92 Å². The van der Waals surface area contributed by atoms with Gasteiger partial charge < -0.3 is 19.7 Å². The van der Waals surface area contributed by atoms with E-state index in [2.05, 4.69) is 18.7 Å². The largest absolute Gasteiger partial charge is 0.508 e. The Morgan fingerprint density at radius 3 is 2.42 bits per heavy atom. The van der Waals surface area contributed by atoms with Crippen LogP contribution < -0.4 is 9.47 Å². The second-order valence-electron chi connectivity index (χ2n) is 10.1. The number of benzene rings is 3. The van der Waals surface area contributed by atoms with E-state index in [0.29, 0.717) is 23.8 Å². The molecule has 3 aromatic carbocycles. The van der Waals surface area contributed by atoms with Gasteiger partial charge in [0.2, 0.25) is 0 Å². The van der Waals surface area contributed by atoms with Crippen molar-refractivity contribution in [3.63, 3.8) is 0 Å². The first-order valence-electron chi connectivity index (χ1n) is 12.7. The number of hydrogen-bond donors (Lipinski definition) is 2. The van der Waals surface area contributed by atoms with E-state index >= 15 is 0 Å². The number of likely N-dealkylation sites (tertiary alicyclic amines) is 1. The number of ether oxygens (including phenoxy) is 2. The van der Waals surface area contributed by atoms with Crippen LogP contribution in [0.3, 0.4) is 0 Å². The summed E-state index contributed by atoms with van der Waals surface area (Å²) in [5.74, 6) is 0.840. The third kappa shape index (κ3) is 5.31. The van der Waals surface area contributed by atoms with Gasteiger partial charge in [-0.2, -0.15) is 13.2 Å². The predicted octanol–water partition coefficient (Wildman–Crippen LogP) is 6.81. The van der Waals surface area contributed by atoms with Crippen LogP contribution in [0.2, 0.25) is 0 Å². The SMILES string of the molecule is CC(COc1ccc(C2Oc3ccc(O)cc3C(C(F)(F)F)=C2c2cccc(O)c2)cc1)N1CC[C@@H](C)C1. The van der Waals surface area contributed by atoms with Gasteiger partial charge in [0.15, 0.2) is 6.10 Å². The number of nitrogens with zero attached hydrogens (tertiary/aromatic N) is 1. The van der Waals surface area contributed by atoms with E-state index in [9.17, 15) is 23.4 Å². The zero-order valence-electron chi connectivity index (χ0n) is 21.2. The van der Waals surface area contributed by atoms with Crippen LogP contribution >= 0.6 is 0 Å².